The number of hydrogen-bond acceptors (Lipinski definition) is 6. The molecule has 0 saturated carbocycles. The number of thiophene rings is 1. The Morgan fingerprint density at radius 2 is 1.82 bits per heavy atom. The topological polar surface area (TPSA) is 76.5 Å². The fourth-order valence-corrected chi connectivity index (χ4v) is 5.35. The molecule has 7 nitrogen and oxygen atoms in total. The van der Waals surface area contributed by atoms with Gasteiger partial charge in [-0.3, -0.25) is 19.1 Å². The lowest BCUT2D eigenvalue weighted by Crippen LogP contribution is -2.35. The van der Waals surface area contributed by atoms with E-state index in [-0.39, 0.29) is 18.0 Å². The molecule has 1 N–H and O–H groups in total. The fourth-order valence-electron chi connectivity index (χ4n) is 4.20. The first kappa shape index (κ1) is 22.5. The average molecular weight is 475 g/mol. The molecule has 3 heterocycles. The number of aryl methyl sites for hydroxylation is 1. The molecule has 0 bridgehead atoms. The molecule has 1 fully saturated rings. The zero-order valence-electron chi connectivity index (χ0n) is 19.0. The monoisotopic (exact) mass is 474 g/mol. The molecule has 2 aromatic carbocycles. The zero-order chi connectivity index (χ0) is 23.5. The van der Waals surface area contributed by atoms with Gasteiger partial charge in [-0.2, -0.15) is 0 Å². The van der Waals surface area contributed by atoms with Crippen molar-refractivity contribution in [1.29, 1.82) is 0 Å². The smallest absolute Gasteiger partial charge is 0.262 e. The standard InChI is InChI=1S/C26H26N4O3S/c1-18-23-25(34-24(18)20-5-3-2-4-6-20)27-17-30(26(23)32)16-22(31)28-21-9-7-19(8-10-21)15-29-11-13-33-14-12-29/h2-10,17H,11-16H2,1H3,(H,28,31). The minimum Gasteiger partial charge on any atom is -0.379 e. The molecule has 8 heteroatoms. The van der Waals surface area contributed by atoms with Crippen molar-refractivity contribution < 1.29 is 9.53 Å². The van der Waals surface area contributed by atoms with Crippen LogP contribution in [0, 0.1) is 6.92 Å². The van der Waals surface area contributed by atoms with Crippen LogP contribution in [0.5, 0.6) is 0 Å². The second-order valence-corrected chi connectivity index (χ2v) is 9.41. The highest BCUT2D eigenvalue weighted by atomic mass is 32.1. The minimum atomic E-state index is -0.264. The number of carbonyl (C=O) groups is 1. The summed E-state index contributed by atoms with van der Waals surface area (Å²) in [7, 11) is 0. The molecule has 1 amide bonds. The predicted octanol–water partition coefficient (Wildman–Crippen LogP) is 3.90. The predicted molar refractivity (Wildman–Crippen MR) is 135 cm³/mol. The van der Waals surface area contributed by atoms with Crippen molar-refractivity contribution in [3.63, 3.8) is 0 Å². The molecule has 34 heavy (non-hydrogen) atoms. The van der Waals surface area contributed by atoms with Crippen molar-refractivity contribution >= 4 is 33.1 Å². The number of fused-ring (bicyclic) bond motifs is 1. The van der Waals surface area contributed by atoms with E-state index in [2.05, 4.69) is 15.2 Å². The van der Waals surface area contributed by atoms with Crippen LogP contribution in [0.2, 0.25) is 0 Å². The van der Waals surface area contributed by atoms with Crippen molar-refractivity contribution in [3.8, 4) is 10.4 Å². The quantitative estimate of drug-likeness (QED) is 0.459. The van der Waals surface area contributed by atoms with Gasteiger partial charge in [0.2, 0.25) is 5.91 Å². The van der Waals surface area contributed by atoms with Gasteiger partial charge in [-0.25, -0.2) is 4.98 Å². The molecule has 2 aromatic heterocycles. The van der Waals surface area contributed by atoms with Crippen LogP contribution in [0.15, 0.2) is 65.7 Å². The lowest BCUT2D eigenvalue weighted by Gasteiger charge is -2.26. The van der Waals surface area contributed by atoms with E-state index in [0.29, 0.717) is 15.9 Å². The Morgan fingerprint density at radius 1 is 1.09 bits per heavy atom. The van der Waals surface area contributed by atoms with Gasteiger partial charge in [0.25, 0.3) is 5.56 Å². The summed E-state index contributed by atoms with van der Waals surface area (Å²) in [6, 6.07) is 17.8. The van der Waals surface area contributed by atoms with Gasteiger partial charge in [-0.05, 0) is 35.7 Å². The molecule has 174 valence electrons. The Balaban J connectivity index is 1.28. The molecule has 0 atom stereocenters. The number of benzene rings is 2. The third-order valence-corrected chi connectivity index (χ3v) is 7.26. The molecule has 0 spiro atoms. The molecule has 0 radical (unpaired) electrons. The summed E-state index contributed by atoms with van der Waals surface area (Å²) in [5.74, 6) is -0.264. The normalized spacial score (nSPS) is 14.4. The van der Waals surface area contributed by atoms with Crippen molar-refractivity contribution in [2.45, 2.75) is 20.0 Å². The Kier molecular flexibility index (Phi) is 6.53. The number of ether oxygens (including phenoxy) is 1. The first-order valence-electron chi connectivity index (χ1n) is 11.3. The van der Waals surface area contributed by atoms with Crippen LogP contribution in [0.4, 0.5) is 5.69 Å². The zero-order valence-corrected chi connectivity index (χ0v) is 19.8. The Labute approximate surface area is 201 Å². The summed E-state index contributed by atoms with van der Waals surface area (Å²) in [5.41, 5.74) is 3.65. The number of nitrogens with one attached hydrogen (secondary N) is 1. The van der Waals surface area contributed by atoms with Gasteiger partial charge in [0.05, 0.1) is 24.9 Å². The van der Waals surface area contributed by atoms with Crippen LogP contribution >= 0.6 is 11.3 Å². The van der Waals surface area contributed by atoms with E-state index in [0.717, 1.165) is 48.9 Å². The molecule has 0 unspecified atom stereocenters. The summed E-state index contributed by atoms with van der Waals surface area (Å²) in [5, 5.41) is 3.46. The van der Waals surface area contributed by atoms with Crippen molar-refractivity contribution in [2.75, 3.05) is 31.6 Å². The number of rotatable bonds is 6. The van der Waals surface area contributed by atoms with Crippen LogP contribution in [0.3, 0.4) is 0 Å². The number of amides is 1. The molecular formula is C26H26N4O3S. The van der Waals surface area contributed by atoms with E-state index in [9.17, 15) is 9.59 Å². The highest BCUT2D eigenvalue weighted by Crippen LogP contribution is 2.35. The van der Waals surface area contributed by atoms with E-state index >= 15 is 0 Å². The van der Waals surface area contributed by atoms with Crippen LogP contribution < -0.4 is 10.9 Å². The Bertz CT molecular complexity index is 1360. The van der Waals surface area contributed by atoms with E-state index < -0.39 is 0 Å². The number of carbonyl (C=O) groups excluding carboxylic acids is 1. The van der Waals surface area contributed by atoms with Gasteiger partial charge in [-0.15, -0.1) is 11.3 Å². The van der Waals surface area contributed by atoms with Crippen molar-refractivity contribution in [2.24, 2.45) is 0 Å². The van der Waals surface area contributed by atoms with Crippen LogP contribution in [-0.4, -0.2) is 46.7 Å². The van der Waals surface area contributed by atoms with Crippen molar-refractivity contribution in [1.82, 2.24) is 14.5 Å². The first-order valence-corrected chi connectivity index (χ1v) is 12.1. The molecule has 1 aliphatic rings. The van der Waals surface area contributed by atoms with Gasteiger partial charge in [0.1, 0.15) is 11.4 Å². The summed E-state index contributed by atoms with van der Waals surface area (Å²) < 4.78 is 6.77. The summed E-state index contributed by atoms with van der Waals surface area (Å²) >= 11 is 1.50. The van der Waals surface area contributed by atoms with E-state index in [1.165, 1.54) is 27.8 Å². The van der Waals surface area contributed by atoms with Gasteiger partial charge >= 0.3 is 0 Å². The van der Waals surface area contributed by atoms with Gasteiger partial charge in [0.15, 0.2) is 0 Å². The van der Waals surface area contributed by atoms with Crippen molar-refractivity contribution in [3.05, 3.63) is 82.4 Å². The van der Waals surface area contributed by atoms with Gasteiger partial charge in [0, 0.05) is 30.2 Å². The van der Waals surface area contributed by atoms with E-state index in [1.807, 2.05) is 61.5 Å². The maximum atomic E-state index is 13.2. The molecule has 1 saturated heterocycles. The third kappa shape index (κ3) is 4.79. The second-order valence-electron chi connectivity index (χ2n) is 8.41. The first-order chi connectivity index (χ1) is 16.6. The minimum absolute atomic E-state index is 0.0900. The number of anilines is 1. The van der Waals surface area contributed by atoms with Crippen LogP contribution in [-0.2, 0) is 22.6 Å². The Hall–Kier alpha value is -3.33. The molecule has 1 aliphatic heterocycles. The summed E-state index contributed by atoms with van der Waals surface area (Å²) in [6.07, 6.45) is 1.46. The average Bonchev–Trinajstić information content (AvgIpc) is 3.20. The number of hydrogen-bond donors (Lipinski definition) is 1. The second kappa shape index (κ2) is 9.89. The molecule has 5 rings (SSSR count). The third-order valence-electron chi connectivity index (χ3n) is 6.01. The van der Waals surface area contributed by atoms with E-state index in [4.69, 9.17) is 4.74 Å². The molecular weight excluding hydrogens is 448 g/mol. The Morgan fingerprint density at radius 3 is 2.56 bits per heavy atom. The lowest BCUT2D eigenvalue weighted by atomic mass is 10.1. The summed E-state index contributed by atoms with van der Waals surface area (Å²) in [6.45, 7) is 6.12. The van der Waals surface area contributed by atoms with E-state index in [1.54, 1.807) is 0 Å². The largest absolute Gasteiger partial charge is 0.379 e. The molecule has 4 aromatic rings. The van der Waals surface area contributed by atoms with Gasteiger partial charge in [-0.1, -0.05) is 42.5 Å². The highest BCUT2D eigenvalue weighted by molar-refractivity contribution is 7.22. The van der Waals surface area contributed by atoms with Crippen LogP contribution in [0.25, 0.3) is 20.7 Å². The number of morpholine rings is 1. The SMILES string of the molecule is Cc1c(-c2ccccc2)sc2ncn(CC(=O)Nc3ccc(CN4CCOCC4)cc3)c(=O)c12. The lowest BCUT2D eigenvalue weighted by molar-refractivity contribution is -0.116. The maximum Gasteiger partial charge on any atom is 0.262 e. The highest BCUT2D eigenvalue weighted by Gasteiger charge is 2.17. The summed E-state index contributed by atoms with van der Waals surface area (Å²) in [4.78, 5) is 34.3. The number of aromatic nitrogens is 2. The van der Waals surface area contributed by atoms with Crippen LogP contribution in [0.1, 0.15) is 11.1 Å². The van der Waals surface area contributed by atoms with Gasteiger partial charge < -0.3 is 10.1 Å². The molecule has 0 aliphatic carbocycles. The number of nitrogens with zero attached hydrogens (tertiary/aromatic N) is 3. The fraction of sp³-hybridized carbons (Fsp3) is 0.269. The maximum absolute atomic E-state index is 13.2.